The van der Waals surface area contributed by atoms with Gasteiger partial charge in [0, 0.05) is 10.6 Å². The van der Waals surface area contributed by atoms with Crippen LogP contribution in [0, 0.1) is 5.82 Å². The standard InChI is InChI=1S/C19H22ClFN2O2/c1-13(15-5-7-16(20)8-6-15)22-19(24)12-23(2)11-14-4-9-18(25-3)17(21)10-14/h4-10,13H,11-12H2,1-3H3,(H,22,24)/p+1/t13-/m1/s1. The highest BCUT2D eigenvalue weighted by molar-refractivity contribution is 6.30. The average Bonchev–Trinajstić information content (AvgIpc) is 2.55. The second kappa shape index (κ2) is 8.83. The lowest BCUT2D eigenvalue weighted by Crippen LogP contribution is -3.08. The number of nitrogens with one attached hydrogen (secondary N) is 2. The number of halogens is 2. The second-order valence-corrected chi connectivity index (χ2v) is 6.56. The molecule has 2 rings (SSSR count). The Bertz CT molecular complexity index is 722. The van der Waals surface area contributed by atoms with Crippen molar-refractivity contribution < 1.29 is 18.8 Å². The molecule has 2 aromatic carbocycles. The van der Waals surface area contributed by atoms with E-state index in [1.165, 1.54) is 13.2 Å². The Morgan fingerprint density at radius 1 is 1.28 bits per heavy atom. The van der Waals surface area contributed by atoms with Crippen molar-refractivity contribution in [2.75, 3.05) is 20.7 Å². The van der Waals surface area contributed by atoms with Gasteiger partial charge < -0.3 is 15.0 Å². The monoisotopic (exact) mass is 365 g/mol. The zero-order valence-corrected chi connectivity index (χ0v) is 15.4. The Morgan fingerprint density at radius 3 is 2.56 bits per heavy atom. The van der Waals surface area contributed by atoms with Crippen LogP contribution in [0.2, 0.25) is 5.02 Å². The van der Waals surface area contributed by atoms with Crippen molar-refractivity contribution in [3.05, 3.63) is 64.4 Å². The number of amides is 1. The van der Waals surface area contributed by atoms with Crippen molar-refractivity contribution in [1.29, 1.82) is 0 Å². The van der Waals surface area contributed by atoms with Gasteiger partial charge in [0.05, 0.1) is 20.2 Å². The van der Waals surface area contributed by atoms with Crippen molar-refractivity contribution >= 4 is 17.5 Å². The number of quaternary nitrogens is 1. The van der Waals surface area contributed by atoms with E-state index in [9.17, 15) is 9.18 Å². The third-order valence-electron chi connectivity index (χ3n) is 3.93. The molecule has 0 heterocycles. The summed E-state index contributed by atoms with van der Waals surface area (Å²) in [7, 11) is 3.33. The van der Waals surface area contributed by atoms with Crippen LogP contribution in [0.25, 0.3) is 0 Å². The second-order valence-electron chi connectivity index (χ2n) is 6.12. The highest BCUT2D eigenvalue weighted by Crippen LogP contribution is 2.17. The Kier molecular flexibility index (Phi) is 6.79. The lowest BCUT2D eigenvalue weighted by molar-refractivity contribution is -0.885. The van der Waals surface area contributed by atoms with E-state index >= 15 is 0 Å². The highest BCUT2D eigenvalue weighted by Gasteiger charge is 2.15. The van der Waals surface area contributed by atoms with Gasteiger partial charge in [-0.2, -0.15) is 0 Å². The third kappa shape index (κ3) is 5.73. The highest BCUT2D eigenvalue weighted by atomic mass is 35.5. The first kappa shape index (κ1) is 19.2. The predicted octanol–water partition coefficient (Wildman–Crippen LogP) is 2.38. The number of likely N-dealkylation sites (N-methyl/N-ethyl adjacent to an activating group) is 1. The molecule has 0 bridgehead atoms. The quantitative estimate of drug-likeness (QED) is 0.791. The van der Waals surface area contributed by atoms with Crippen LogP contribution in [0.1, 0.15) is 24.1 Å². The van der Waals surface area contributed by atoms with Crippen LogP contribution in [0.15, 0.2) is 42.5 Å². The van der Waals surface area contributed by atoms with E-state index in [4.69, 9.17) is 16.3 Å². The maximum Gasteiger partial charge on any atom is 0.275 e. The molecule has 0 aliphatic carbocycles. The molecule has 0 fully saturated rings. The Hall–Kier alpha value is -2.11. The fourth-order valence-electron chi connectivity index (χ4n) is 2.63. The minimum atomic E-state index is -0.395. The molecule has 1 amide bonds. The normalized spacial score (nSPS) is 13.2. The average molecular weight is 366 g/mol. The molecular formula is C19H23ClFN2O2+. The molecule has 6 heteroatoms. The van der Waals surface area contributed by atoms with E-state index in [0.717, 1.165) is 16.0 Å². The Morgan fingerprint density at radius 2 is 1.96 bits per heavy atom. The number of rotatable bonds is 7. The van der Waals surface area contributed by atoms with Crippen molar-refractivity contribution in [3.63, 3.8) is 0 Å². The summed E-state index contributed by atoms with van der Waals surface area (Å²) >= 11 is 5.87. The molecule has 0 aliphatic heterocycles. The molecule has 0 spiro atoms. The molecule has 0 radical (unpaired) electrons. The van der Waals surface area contributed by atoms with E-state index in [1.54, 1.807) is 24.3 Å². The summed E-state index contributed by atoms with van der Waals surface area (Å²) in [6.07, 6.45) is 0. The summed E-state index contributed by atoms with van der Waals surface area (Å²) in [6, 6.07) is 12.1. The molecule has 2 aromatic rings. The minimum absolute atomic E-state index is 0.0612. The van der Waals surface area contributed by atoms with Gasteiger partial charge in [0.15, 0.2) is 18.1 Å². The van der Waals surface area contributed by atoms with E-state index in [-0.39, 0.29) is 17.7 Å². The molecule has 4 nitrogen and oxygen atoms in total. The van der Waals surface area contributed by atoms with Gasteiger partial charge >= 0.3 is 0 Å². The summed E-state index contributed by atoms with van der Waals surface area (Å²) in [6.45, 7) is 2.77. The summed E-state index contributed by atoms with van der Waals surface area (Å²) in [5.74, 6) is -0.238. The maximum absolute atomic E-state index is 13.7. The van der Waals surface area contributed by atoms with Crippen molar-refractivity contribution in [1.82, 2.24) is 5.32 Å². The van der Waals surface area contributed by atoms with E-state index in [2.05, 4.69) is 5.32 Å². The lowest BCUT2D eigenvalue weighted by atomic mass is 10.1. The van der Waals surface area contributed by atoms with Gasteiger partial charge in [-0.1, -0.05) is 23.7 Å². The van der Waals surface area contributed by atoms with Gasteiger partial charge in [0.25, 0.3) is 5.91 Å². The molecule has 0 saturated carbocycles. The van der Waals surface area contributed by atoms with Crippen LogP contribution in [0.4, 0.5) is 4.39 Å². The van der Waals surface area contributed by atoms with Crippen LogP contribution in [0.3, 0.4) is 0 Å². The van der Waals surface area contributed by atoms with Gasteiger partial charge in [-0.15, -0.1) is 0 Å². The van der Waals surface area contributed by atoms with Gasteiger partial charge in [0.2, 0.25) is 0 Å². The summed E-state index contributed by atoms with van der Waals surface area (Å²) in [5, 5.41) is 3.63. The first-order chi connectivity index (χ1) is 11.9. The predicted molar refractivity (Wildman–Crippen MR) is 96.4 cm³/mol. The zero-order valence-electron chi connectivity index (χ0n) is 14.6. The third-order valence-corrected chi connectivity index (χ3v) is 4.18. The first-order valence-electron chi connectivity index (χ1n) is 8.07. The smallest absolute Gasteiger partial charge is 0.275 e. The Balaban J connectivity index is 1.87. The molecular weight excluding hydrogens is 343 g/mol. The number of benzene rings is 2. The lowest BCUT2D eigenvalue weighted by Gasteiger charge is -2.18. The number of carbonyl (C=O) groups is 1. The molecule has 0 aromatic heterocycles. The van der Waals surface area contributed by atoms with E-state index < -0.39 is 5.82 Å². The fraction of sp³-hybridized carbons (Fsp3) is 0.316. The molecule has 1 unspecified atom stereocenters. The fourth-order valence-corrected chi connectivity index (χ4v) is 2.76. The topological polar surface area (TPSA) is 42.8 Å². The number of ether oxygens (including phenoxy) is 1. The van der Waals surface area contributed by atoms with E-state index in [1.807, 2.05) is 26.1 Å². The number of hydrogen-bond acceptors (Lipinski definition) is 2. The summed E-state index contributed by atoms with van der Waals surface area (Å²) < 4.78 is 18.6. The first-order valence-corrected chi connectivity index (χ1v) is 8.45. The van der Waals surface area contributed by atoms with Gasteiger partial charge in [-0.25, -0.2) is 4.39 Å². The Labute approximate surface area is 152 Å². The van der Waals surface area contributed by atoms with Crippen LogP contribution in [-0.4, -0.2) is 26.6 Å². The van der Waals surface area contributed by atoms with Crippen molar-refractivity contribution in [3.8, 4) is 5.75 Å². The molecule has 0 saturated heterocycles. The molecule has 2 N–H and O–H groups in total. The molecule has 25 heavy (non-hydrogen) atoms. The summed E-state index contributed by atoms with van der Waals surface area (Å²) in [4.78, 5) is 13.2. The number of carbonyl (C=O) groups excluding carboxylic acids is 1. The number of hydrogen-bond donors (Lipinski definition) is 2. The van der Waals surface area contributed by atoms with Crippen molar-refractivity contribution in [2.24, 2.45) is 0 Å². The minimum Gasteiger partial charge on any atom is -0.494 e. The van der Waals surface area contributed by atoms with Gasteiger partial charge in [-0.3, -0.25) is 4.79 Å². The summed E-state index contributed by atoms with van der Waals surface area (Å²) in [5.41, 5.74) is 1.81. The molecule has 0 aliphatic rings. The van der Waals surface area contributed by atoms with Crippen LogP contribution in [0.5, 0.6) is 5.75 Å². The number of methoxy groups -OCH3 is 1. The maximum atomic E-state index is 13.7. The molecule has 134 valence electrons. The molecule has 2 atom stereocenters. The van der Waals surface area contributed by atoms with Crippen molar-refractivity contribution in [2.45, 2.75) is 19.5 Å². The van der Waals surface area contributed by atoms with Crippen LogP contribution in [-0.2, 0) is 11.3 Å². The van der Waals surface area contributed by atoms with Crippen LogP contribution >= 0.6 is 11.6 Å². The van der Waals surface area contributed by atoms with Gasteiger partial charge in [-0.05, 0) is 42.8 Å². The van der Waals surface area contributed by atoms with Gasteiger partial charge in [0.1, 0.15) is 6.54 Å². The largest absolute Gasteiger partial charge is 0.494 e. The SMILES string of the molecule is COc1ccc(C[NH+](C)CC(=O)N[C@H](C)c2ccc(Cl)cc2)cc1F. The van der Waals surface area contributed by atoms with Crippen LogP contribution < -0.4 is 15.0 Å². The zero-order chi connectivity index (χ0) is 18.4. The van der Waals surface area contributed by atoms with E-state index in [0.29, 0.717) is 18.1 Å².